The van der Waals surface area contributed by atoms with E-state index >= 15 is 0 Å². The van der Waals surface area contributed by atoms with Crippen molar-refractivity contribution in [3.63, 3.8) is 0 Å². The Bertz CT molecular complexity index is 898. The molecule has 2 atom stereocenters. The van der Waals surface area contributed by atoms with Crippen LogP contribution < -0.4 is 15.2 Å². The summed E-state index contributed by atoms with van der Waals surface area (Å²) in [5, 5.41) is 15.7. The second-order valence-corrected chi connectivity index (χ2v) is 7.52. The van der Waals surface area contributed by atoms with Crippen molar-refractivity contribution in [2.45, 2.75) is 18.9 Å². The molecule has 3 N–H and O–H groups in total. The lowest BCUT2D eigenvalue weighted by molar-refractivity contribution is 0.310. The van der Waals surface area contributed by atoms with Gasteiger partial charge in [-0.15, -0.1) is 0 Å². The molecule has 0 spiro atoms. The van der Waals surface area contributed by atoms with Crippen molar-refractivity contribution < 1.29 is 9.47 Å². The molecule has 0 aromatic heterocycles. The Morgan fingerprint density at radius 2 is 1.76 bits per heavy atom. The lowest BCUT2D eigenvalue weighted by Gasteiger charge is -2.30. The third kappa shape index (κ3) is 3.97. The summed E-state index contributed by atoms with van der Waals surface area (Å²) < 4.78 is 10.7. The molecule has 0 radical (unpaired) electrons. The largest absolute Gasteiger partial charge is 0.497 e. The monoisotopic (exact) mass is 412 g/mol. The highest BCUT2D eigenvalue weighted by Crippen LogP contribution is 2.44. The van der Waals surface area contributed by atoms with E-state index in [0.29, 0.717) is 5.17 Å². The van der Waals surface area contributed by atoms with Crippen molar-refractivity contribution in [1.82, 2.24) is 5.01 Å². The van der Waals surface area contributed by atoms with Gasteiger partial charge in [0.05, 0.1) is 26.0 Å². The van der Waals surface area contributed by atoms with Crippen LogP contribution >= 0.6 is 11.8 Å². The first-order valence-electron chi connectivity index (χ1n) is 9.55. The number of nitrogens with two attached hydrogens (primary N) is 1. The van der Waals surface area contributed by atoms with Crippen LogP contribution in [0.15, 0.2) is 47.6 Å². The molecule has 1 aliphatic carbocycles. The predicted molar refractivity (Wildman–Crippen MR) is 120 cm³/mol. The van der Waals surface area contributed by atoms with Crippen LogP contribution in [0.2, 0.25) is 0 Å². The maximum atomic E-state index is 8.44. The SMILES string of the molecule is CN.COc1ccc(C2C3CCc4ccc(OC)cc4C3=NN2C(=N)SC)cc1. The number of aryl methyl sites for hydroxylation is 1. The van der Waals surface area contributed by atoms with Crippen molar-refractivity contribution >= 4 is 22.6 Å². The van der Waals surface area contributed by atoms with Crippen molar-refractivity contribution in [3.05, 3.63) is 59.2 Å². The van der Waals surface area contributed by atoms with Gasteiger partial charge in [-0.05, 0) is 61.5 Å². The third-order valence-electron chi connectivity index (χ3n) is 5.39. The highest BCUT2D eigenvalue weighted by molar-refractivity contribution is 8.13. The van der Waals surface area contributed by atoms with Crippen molar-refractivity contribution in [2.75, 3.05) is 27.5 Å². The molecule has 29 heavy (non-hydrogen) atoms. The molecule has 4 rings (SSSR count). The Morgan fingerprint density at radius 1 is 1.10 bits per heavy atom. The molecule has 0 fully saturated rings. The maximum absolute atomic E-state index is 8.44. The number of rotatable bonds is 3. The first-order valence-corrected chi connectivity index (χ1v) is 10.8. The van der Waals surface area contributed by atoms with Gasteiger partial charge < -0.3 is 15.2 Å². The molecule has 0 amide bonds. The van der Waals surface area contributed by atoms with Crippen LogP contribution in [-0.4, -0.2) is 43.4 Å². The topological polar surface area (TPSA) is 83.9 Å². The van der Waals surface area contributed by atoms with Gasteiger partial charge in [0.25, 0.3) is 0 Å². The summed E-state index contributed by atoms with van der Waals surface area (Å²) in [6.07, 6.45) is 3.95. The lowest BCUT2D eigenvalue weighted by atomic mass is 9.77. The number of hydrogen-bond acceptors (Lipinski definition) is 6. The van der Waals surface area contributed by atoms with Crippen molar-refractivity contribution in [2.24, 2.45) is 16.8 Å². The highest BCUT2D eigenvalue weighted by atomic mass is 32.2. The smallest absolute Gasteiger partial charge is 0.177 e. The molecular weight excluding hydrogens is 384 g/mol. The minimum absolute atomic E-state index is 0.0326. The Balaban J connectivity index is 0.00000117. The van der Waals surface area contributed by atoms with E-state index in [1.54, 1.807) is 14.2 Å². The number of amidine groups is 1. The molecule has 154 valence electrons. The zero-order chi connectivity index (χ0) is 21.0. The molecular formula is C22H28N4O2S. The Kier molecular flexibility index (Phi) is 6.82. The number of methoxy groups -OCH3 is 2. The Labute approximate surface area is 176 Å². The van der Waals surface area contributed by atoms with E-state index in [9.17, 15) is 0 Å². The molecule has 2 aromatic carbocycles. The van der Waals surface area contributed by atoms with Crippen LogP contribution in [0.1, 0.15) is 29.2 Å². The zero-order valence-corrected chi connectivity index (χ0v) is 18.1. The standard InChI is InChI=1S/C21H23N3O2S.CH5N/c1-25-15-8-5-14(6-9-15)20-17-11-7-13-4-10-16(26-2)12-18(13)19(17)23-24(20)21(22)27-3;1-2/h4-6,8-10,12,17,20,22H,7,11H2,1-3H3;2H2,1H3. The van der Waals surface area contributed by atoms with E-state index in [0.717, 1.165) is 41.2 Å². The van der Waals surface area contributed by atoms with Crippen molar-refractivity contribution in [1.29, 1.82) is 5.41 Å². The number of nitrogens with zero attached hydrogens (tertiary/aromatic N) is 2. The van der Waals surface area contributed by atoms with Gasteiger partial charge in [-0.1, -0.05) is 30.0 Å². The number of thioether (sulfide) groups is 1. The average molecular weight is 413 g/mol. The van der Waals surface area contributed by atoms with E-state index in [1.807, 2.05) is 29.5 Å². The maximum Gasteiger partial charge on any atom is 0.177 e. The molecule has 1 aliphatic heterocycles. The van der Waals surface area contributed by atoms with Gasteiger partial charge >= 0.3 is 0 Å². The number of hydrogen-bond donors (Lipinski definition) is 2. The van der Waals surface area contributed by atoms with E-state index in [2.05, 4.69) is 30.0 Å². The van der Waals surface area contributed by atoms with Crippen LogP contribution in [-0.2, 0) is 6.42 Å². The summed E-state index contributed by atoms with van der Waals surface area (Å²) in [4.78, 5) is 0. The Morgan fingerprint density at radius 3 is 2.38 bits per heavy atom. The molecule has 1 heterocycles. The van der Waals surface area contributed by atoms with E-state index in [-0.39, 0.29) is 12.0 Å². The average Bonchev–Trinajstić information content (AvgIpc) is 3.19. The van der Waals surface area contributed by atoms with Gasteiger partial charge in [0.1, 0.15) is 11.5 Å². The first-order chi connectivity index (χ1) is 14.2. The molecule has 0 saturated carbocycles. The summed E-state index contributed by atoms with van der Waals surface area (Å²) in [6, 6.07) is 14.4. The van der Waals surface area contributed by atoms with Gasteiger partial charge in [0.2, 0.25) is 0 Å². The van der Waals surface area contributed by atoms with Gasteiger partial charge in [-0.3, -0.25) is 5.41 Å². The zero-order valence-electron chi connectivity index (χ0n) is 17.3. The second-order valence-electron chi connectivity index (χ2n) is 6.73. The number of hydrazone groups is 1. The normalized spacial score (nSPS) is 19.3. The van der Waals surface area contributed by atoms with Gasteiger partial charge in [-0.2, -0.15) is 5.10 Å². The van der Waals surface area contributed by atoms with Crippen molar-refractivity contribution in [3.8, 4) is 11.5 Å². The summed E-state index contributed by atoms with van der Waals surface area (Å²) in [7, 11) is 4.86. The summed E-state index contributed by atoms with van der Waals surface area (Å²) in [6.45, 7) is 0. The fraction of sp³-hybridized carbons (Fsp3) is 0.364. The van der Waals surface area contributed by atoms with E-state index in [1.165, 1.54) is 24.4 Å². The fourth-order valence-electron chi connectivity index (χ4n) is 4.01. The number of benzene rings is 2. The summed E-state index contributed by atoms with van der Waals surface area (Å²) in [5.74, 6) is 1.94. The predicted octanol–water partition coefficient (Wildman–Crippen LogP) is 3.90. The molecule has 0 bridgehead atoms. The minimum Gasteiger partial charge on any atom is -0.497 e. The second kappa shape index (κ2) is 9.33. The molecule has 7 heteroatoms. The van der Waals surface area contributed by atoms with E-state index in [4.69, 9.17) is 20.0 Å². The van der Waals surface area contributed by atoms with Gasteiger partial charge in [0, 0.05) is 11.5 Å². The number of ether oxygens (including phenoxy) is 2. The van der Waals surface area contributed by atoms with E-state index < -0.39 is 0 Å². The molecule has 2 aromatic rings. The molecule has 2 unspecified atom stereocenters. The third-order valence-corrected chi connectivity index (χ3v) is 5.96. The fourth-order valence-corrected chi connectivity index (χ4v) is 4.35. The Hall–Kier alpha value is -2.51. The number of fused-ring (bicyclic) bond motifs is 3. The minimum atomic E-state index is 0.0326. The quantitative estimate of drug-likeness (QED) is 0.590. The van der Waals surface area contributed by atoms with Gasteiger partial charge in [-0.25, -0.2) is 5.01 Å². The number of nitrogens with one attached hydrogen (secondary N) is 1. The van der Waals surface area contributed by atoms with Crippen LogP contribution in [0.4, 0.5) is 0 Å². The summed E-state index contributed by atoms with van der Waals surface area (Å²) >= 11 is 1.42. The van der Waals surface area contributed by atoms with Crippen LogP contribution in [0.5, 0.6) is 11.5 Å². The van der Waals surface area contributed by atoms with Crippen LogP contribution in [0.3, 0.4) is 0 Å². The lowest BCUT2D eigenvalue weighted by Crippen LogP contribution is -2.30. The molecule has 6 nitrogen and oxygen atoms in total. The first kappa shape index (κ1) is 21.2. The van der Waals surface area contributed by atoms with Crippen LogP contribution in [0.25, 0.3) is 0 Å². The highest BCUT2D eigenvalue weighted by Gasteiger charge is 2.43. The molecule has 0 saturated heterocycles. The van der Waals surface area contributed by atoms with Crippen LogP contribution in [0, 0.1) is 11.3 Å². The molecule has 2 aliphatic rings. The summed E-state index contributed by atoms with van der Waals surface area (Å²) in [5.41, 5.74) is 9.18. The van der Waals surface area contributed by atoms with Gasteiger partial charge in [0.15, 0.2) is 5.17 Å².